The molecule has 0 radical (unpaired) electrons. The Morgan fingerprint density at radius 2 is 1.12 bits per heavy atom. The lowest BCUT2D eigenvalue weighted by Crippen LogP contribution is -2.48. The van der Waals surface area contributed by atoms with Crippen molar-refractivity contribution in [3.8, 4) is 0 Å². The highest BCUT2D eigenvalue weighted by molar-refractivity contribution is 9.10. The summed E-state index contributed by atoms with van der Waals surface area (Å²) in [6.45, 7) is 10.6. The smallest absolute Gasteiger partial charge is 0.252 e. The van der Waals surface area contributed by atoms with Gasteiger partial charge in [0, 0.05) is 179 Å². The molecule has 8 heterocycles. The second kappa shape index (κ2) is 24.3. The van der Waals surface area contributed by atoms with Crippen molar-refractivity contribution in [2.75, 3.05) is 31.1 Å². The van der Waals surface area contributed by atoms with E-state index in [-0.39, 0.29) is 28.0 Å². The van der Waals surface area contributed by atoms with Crippen molar-refractivity contribution in [2.24, 2.45) is 28.2 Å². The van der Waals surface area contributed by atoms with Crippen molar-refractivity contribution in [1.82, 2.24) is 43.4 Å². The molecule has 380 valence electrons. The van der Waals surface area contributed by atoms with E-state index in [1.54, 1.807) is 30.9 Å². The topological polar surface area (TPSA) is 136 Å². The van der Waals surface area contributed by atoms with Crippen LogP contribution in [0.1, 0.15) is 59.3 Å². The number of piperidine rings is 2. The molecule has 1 N–H and O–H groups in total. The van der Waals surface area contributed by atoms with E-state index in [4.69, 9.17) is 0 Å². The second-order valence-corrected chi connectivity index (χ2v) is 20.4. The van der Waals surface area contributed by atoms with Crippen LogP contribution < -0.4 is 32.2 Å². The highest BCUT2D eigenvalue weighted by Crippen LogP contribution is 2.25. The van der Waals surface area contributed by atoms with Crippen LogP contribution in [0.2, 0.25) is 0 Å². The zero-order valence-corrected chi connectivity index (χ0v) is 44.5. The Morgan fingerprint density at radius 3 is 1.63 bits per heavy atom. The second-order valence-electron chi connectivity index (χ2n) is 19.5. The van der Waals surface area contributed by atoms with Gasteiger partial charge in [-0.1, -0.05) is 40.2 Å². The van der Waals surface area contributed by atoms with E-state index in [1.807, 2.05) is 124 Å². The van der Waals surface area contributed by atoms with Gasteiger partial charge < -0.3 is 28.5 Å². The van der Waals surface area contributed by atoms with E-state index in [0.717, 1.165) is 113 Å². The maximum Gasteiger partial charge on any atom is 0.252 e. The van der Waals surface area contributed by atoms with Crippen LogP contribution in [-0.4, -0.2) is 76.3 Å². The Kier molecular flexibility index (Phi) is 17.5. The van der Waals surface area contributed by atoms with Gasteiger partial charge >= 0.3 is 0 Å². The minimum absolute atomic E-state index is 0.00148. The Labute approximate surface area is 435 Å². The molecule has 14 nitrogen and oxygen atoms in total. The number of nitrogens with one attached hydrogen (secondary N) is 1. The van der Waals surface area contributed by atoms with Crippen LogP contribution >= 0.6 is 15.9 Å². The van der Waals surface area contributed by atoms with Gasteiger partial charge in [0.05, 0.1) is 11.0 Å². The number of benzene rings is 2. The van der Waals surface area contributed by atoms with Gasteiger partial charge in [-0.2, -0.15) is 0 Å². The van der Waals surface area contributed by atoms with Gasteiger partial charge in [-0.15, -0.1) is 0 Å². The van der Waals surface area contributed by atoms with Crippen molar-refractivity contribution in [3.05, 3.63) is 214 Å². The quantitative estimate of drug-likeness (QED) is 0.137. The number of para-hydroxylation sites is 2. The molecule has 6 aromatic heterocycles. The lowest BCUT2D eigenvalue weighted by molar-refractivity contribution is 0.149. The third-order valence-corrected chi connectivity index (χ3v) is 14.5. The molecule has 8 aromatic rings. The predicted octanol–water partition coefficient (Wildman–Crippen LogP) is 7.76. The number of nitrogens with zero attached hydrogens (tertiary/aromatic N) is 9. The maximum atomic E-state index is 13.5. The molecule has 0 unspecified atom stereocenters. The number of hydrogen-bond acceptors (Lipinski definition) is 10. The summed E-state index contributed by atoms with van der Waals surface area (Å²) in [4.78, 5) is 65.5. The van der Waals surface area contributed by atoms with Crippen LogP contribution in [0.5, 0.6) is 0 Å². The molecule has 0 aliphatic carbocycles. The van der Waals surface area contributed by atoms with Crippen LogP contribution in [0.3, 0.4) is 0 Å². The summed E-state index contributed by atoms with van der Waals surface area (Å²) < 4.78 is 8.06. The van der Waals surface area contributed by atoms with Gasteiger partial charge in [-0.05, 0) is 118 Å². The average molecular weight is 1050 g/mol. The van der Waals surface area contributed by atoms with Crippen molar-refractivity contribution in [3.63, 3.8) is 0 Å². The van der Waals surface area contributed by atoms with Crippen molar-refractivity contribution in [2.45, 2.75) is 77.8 Å². The molecule has 73 heavy (non-hydrogen) atoms. The maximum absolute atomic E-state index is 13.5. The van der Waals surface area contributed by atoms with Crippen LogP contribution in [0, 0.1) is 13.8 Å². The fraction of sp³-hybridized carbons (Fsp3) is 0.345. The van der Waals surface area contributed by atoms with Gasteiger partial charge in [-0.25, -0.2) is 0 Å². The first kappa shape index (κ1) is 52.5. The third-order valence-electron chi connectivity index (χ3n) is 14.0. The van der Waals surface area contributed by atoms with Gasteiger partial charge in [0.1, 0.15) is 0 Å². The third kappa shape index (κ3) is 13.4. The molecule has 2 saturated heterocycles. The summed E-state index contributed by atoms with van der Waals surface area (Å²) in [6, 6.07) is 31.8. The number of rotatable bonds is 11. The fourth-order valence-electron chi connectivity index (χ4n) is 10.1. The van der Waals surface area contributed by atoms with E-state index in [2.05, 4.69) is 74.7 Å². The van der Waals surface area contributed by atoms with Gasteiger partial charge in [-0.3, -0.25) is 38.9 Å². The monoisotopic (exact) mass is 1050 g/mol. The molecular formula is C58H67BrN10O4. The van der Waals surface area contributed by atoms with Crippen molar-refractivity contribution in [1.29, 1.82) is 0 Å². The summed E-state index contributed by atoms with van der Waals surface area (Å²) in [6.07, 6.45) is 15.7. The van der Waals surface area contributed by atoms with Crippen LogP contribution in [0.15, 0.2) is 158 Å². The van der Waals surface area contributed by atoms with E-state index in [9.17, 15) is 19.2 Å². The average Bonchev–Trinajstić information content (AvgIpc) is 3.39. The summed E-state index contributed by atoms with van der Waals surface area (Å²) in [5, 5.41) is 5.06. The van der Waals surface area contributed by atoms with E-state index < -0.39 is 0 Å². The number of hydrogen-bond donors (Lipinski definition) is 1. The standard InChI is InChI=1S/C29H33N5O2.C23H28N4O.C6H6BrNO/c1-21-15-22(10-12-30-21)17-34(19-23-18-32(3)27-9-5-4-8-26(27)29(23)36)25-7-6-13-33(20-25)24-11-14-31(2)28(35)16-24;1-17-12-18(9-11-25-17)14-27(20-6-5-10-24-13-20)16-19-15-26(2)22-8-4-3-7-21(22)23(19)28;1-8-3-2-5(7)4-6(8)9/h4-5,8-12,14-16,18,25H,6-7,13,17,19-20H2,1-3H3;3-4,7-9,11-12,15,20,24H,5-6,10,13-14,16H2,1-2H3;2-4H,1H3/t25-;20-;/m01./s1. The molecular weight excluding hydrogens is 981 g/mol. The number of pyridine rings is 6. The molecule has 0 spiro atoms. The molecule has 15 heteroatoms. The first-order valence-corrected chi connectivity index (χ1v) is 25.9. The van der Waals surface area contributed by atoms with Gasteiger partial charge in [0.25, 0.3) is 11.1 Å². The zero-order valence-electron chi connectivity index (χ0n) is 42.9. The summed E-state index contributed by atoms with van der Waals surface area (Å²) in [5.41, 5.74) is 9.23. The number of aryl methyl sites for hydroxylation is 6. The highest BCUT2D eigenvalue weighted by Gasteiger charge is 2.28. The lowest BCUT2D eigenvalue weighted by Gasteiger charge is -2.40. The molecule has 10 rings (SSSR count). The first-order valence-electron chi connectivity index (χ1n) is 25.1. The van der Waals surface area contributed by atoms with Gasteiger partial charge in [0.15, 0.2) is 10.9 Å². The molecule has 2 aliphatic heterocycles. The minimum Gasteiger partial charge on any atom is -0.370 e. The van der Waals surface area contributed by atoms with E-state index in [1.165, 1.54) is 28.2 Å². The molecule has 0 amide bonds. The lowest BCUT2D eigenvalue weighted by atomic mass is 10.0. The van der Waals surface area contributed by atoms with E-state index in [0.29, 0.717) is 19.1 Å². The van der Waals surface area contributed by atoms with Crippen molar-refractivity contribution >= 4 is 43.4 Å². The normalized spacial score (nSPS) is 15.8. The molecule has 0 saturated carbocycles. The highest BCUT2D eigenvalue weighted by atomic mass is 79.9. The summed E-state index contributed by atoms with van der Waals surface area (Å²) in [7, 11) is 7.51. The van der Waals surface area contributed by atoms with Gasteiger partial charge in [0.2, 0.25) is 0 Å². The zero-order chi connectivity index (χ0) is 51.6. The Hall–Kier alpha value is -6.78. The molecule has 2 fully saturated rings. The van der Waals surface area contributed by atoms with Crippen molar-refractivity contribution < 1.29 is 0 Å². The molecule has 0 bridgehead atoms. The summed E-state index contributed by atoms with van der Waals surface area (Å²) >= 11 is 3.18. The number of halogens is 1. The summed E-state index contributed by atoms with van der Waals surface area (Å²) in [5.74, 6) is 0. The number of aromatic nitrogens is 6. The van der Waals surface area contributed by atoms with E-state index >= 15 is 0 Å². The van der Waals surface area contributed by atoms with Crippen LogP contribution in [-0.2, 0) is 54.4 Å². The Bertz CT molecular complexity index is 3430. The predicted molar refractivity (Wildman–Crippen MR) is 297 cm³/mol. The Balaban J connectivity index is 0.000000170. The Morgan fingerprint density at radius 1 is 0.603 bits per heavy atom. The fourth-order valence-corrected chi connectivity index (χ4v) is 10.4. The molecule has 2 aliphatic rings. The molecule has 2 atom stereocenters. The minimum atomic E-state index is -0.00148. The number of fused-ring (bicyclic) bond motifs is 2. The van der Waals surface area contributed by atoms with Crippen LogP contribution in [0.4, 0.5) is 5.69 Å². The number of anilines is 1. The largest absolute Gasteiger partial charge is 0.370 e. The SMILES string of the molecule is Cc1cc(CN(Cc2cn(C)c3ccccc3c2=O)[C@@H]2CCCNC2)ccn1.Cc1cc(CN(Cc2cn(C)c3ccccc3c2=O)[C@H]2CCCN(c3ccn(C)c(=O)c3)C2)ccn1.Cn1ccc(Br)cc1=O. The molecule has 2 aromatic carbocycles. The first-order chi connectivity index (χ1) is 35.2. The van der Waals surface area contributed by atoms with Crippen LogP contribution in [0.25, 0.3) is 21.8 Å².